The van der Waals surface area contributed by atoms with E-state index in [4.69, 9.17) is 4.74 Å². The molecule has 0 saturated carbocycles. The van der Waals surface area contributed by atoms with Gasteiger partial charge in [-0.1, -0.05) is 0 Å². The number of benzene rings is 1. The fourth-order valence-corrected chi connectivity index (χ4v) is 2.58. The van der Waals surface area contributed by atoms with Crippen molar-refractivity contribution in [3.8, 4) is 0 Å². The molecule has 0 spiro atoms. The lowest BCUT2D eigenvalue weighted by atomic mass is 9.94. The molecule has 0 aromatic heterocycles. The molecule has 1 fully saturated rings. The van der Waals surface area contributed by atoms with Crippen LogP contribution in [0.25, 0.3) is 0 Å². The molecule has 4 heteroatoms. The molecule has 1 unspecified atom stereocenters. The first kappa shape index (κ1) is 13.3. The maximum atomic E-state index is 13.6. The van der Waals surface area contributed by atoms with Crippen LogP contribution in [0.5, 0.6) is 0 Å². The second-order valence-corrected chi connectivity index (χ2v) is 5.99. The van der Waals surface area contributed by atoms with Crippen LogP contribution in [0.2, 0.25) is 0 Å². The second kappa shape index (κ2) is 4.19. The Balaban J connectivity index is 2.19. The average Bonchev–Trinajstić information content (AvgIpc) is 2.39. The molecule has 0 radical (unpaired) electrons. The minimum Gasteiger partial charge on any atom is -0.377 e. The molecule has 1 aliphatic rings. The lowest BCUT2D eigenvalue weighted by Gasteiger charge is -2.28. The molecule has 0 bridgehead atoms. The monoisotopic (exact) mass is 255 g/mol. The van der Waals surface area contributed by atoms with E-state index in [9.17, 15) is 8.78 Å². The zero-order valence-corrected chi connectivity index (χ0v) is 11.2. The summed E-state index contributed by atoms with van der Waals surface area (Å²) in [6.45, 7) is 7.97. The van der Waals surface area contributed by atoms with Crippen molar-refractivity contribution >= 4 is 5.69 Å². The van der Waals surface area contributed by atoms with Crippen molar-refractivity contribution in [3.63, 3.8) is 0 Å². The predicted molar refractivity (Wildman–Crippen MR) is 67.6 cm³/mol. The first-order valence-electron chi connectivity index (χ1n) is 6.11. The van der Waals surface area contributed by atoms with E-state index in [0.29, 0.717) is 5.69 Å². The fraction of sp³-hybridized carbons (Fsp3) is 0.571. The Bertz CT molecular complexity index is 457. The Hall–Kier alpha value is -1.16. The third-order valence-corrected chi connectivity index (χ3v) is 3.34. The van der Waals surface area contributed by atoms with Gasteiger partial charge in [0.25, 0.3) is 0 Å². The van der Waals surface area contributed by atoms with Crippen LogP contribution in [0.1, 0.15) is 34.1 Å². The molecule has 18 heavy (non-hydrogen) atoms. The van der Waals surface area contributed by atoms with Gasteiger partial charge < -0.3 is 10.1 Å². The number of hydrogen-bond donors (Lipinski definition) is 1. The van der Waals surface area contributed by atoms with Crippen molar-refractivity contribution in [3.05, 3.63) is 29.8 Å². The molecule has 1 heterocycles. The second-order valence-electron chi connectivity index (χ2n) is 5.99. The molecule has 0 aliphatic carbocycles. The SMILES string of the molecule is CC1(C)CC(Nc2ccc(F)cc2F)C(C)(C)O1. The third kappa shape index (κ3) is 2.64. The first-order chi connectivity index (χ1) is 8.20. The van der Waals surface area contributed by atoms with Gasteiger partial charge in [0.15, 0.2) is 0 Å². The topological polar surface area (TPSA) is 21.3 Å². The first-order valence-corrected chi connectivity index (χ1v) is 6.11. The van der Waals surface area contributed by atoms with Crippen molar-refractivity contribution in [2.24, 2.45) is 0 Å². The zero-order valence-electron chi connectivity index (χ0n) is 11.2. The summed E-state index contributed by atoms with van der Waals surface area (Å²) in [7, 11) is 0. The van der Waals surface area contributed by atoms with Crippen LogP contribution >= 0.6 is 0 Å². The standard InChI is InChI=1S/C14H19F2NO/c1-13(2)8-12(14(3,4)18-13)17-11-6-5-9(15)7-10(11)16/h5-7,12,17H,8H2,1-4H3. The van der Waals surface area contributed by atoms with Gasteiger partial charge in [-0.25, -0.2) is 8.78 Å². The van der Waals surface area contributed by atoms with Crippen LogP contribution in [0.3, 0.4) is 0 Å². The maximum Gasteiger partial charge on any atom is 0.149 e. The van der Waals surface area contributed by atoms with Gasteiger partial charge in [0, 0.05) is 6.07 Å². The van der Waals surface area contributed by atoms with E-state index in [1.807, 2.05) is 27.7 Å². The van der Waals surface area contributed by atoms with Crippen LogP contribution in [0, 0.1) is 11.6 Å². The minimum atomic E-state index is -0.574. The molecular weight excluding hydrogens is 236 g/mol. The Labute approximate surface area is 106 Å². The van der Waals surface area contributed by atoms with Gasteiger partial charge in [-0.15, -0.1) is 0 Å². The summed E-state index contributed by atoms with van der Waals surface area (Å²) in [5.74, 6) is -1.14. The van der Waals surface area contributed by atoms with Crippen LogP contribution in [-0.2, 0) is 4.74 Å². The van der Waals surface area contributed by atoms with Crippen molar-refractivity contribution in [1.82, 2.24) is 0 Å². The minimum absolute atomic E-state index is 0.00698. The van der Waals surface area contributed by atoms with E-state index in [0.717, 1.165) is 12.5 Å². The average molecular weight is 255 g/mol. The lowest BCUT2D eigenvalue weighted by Crippen LogP contribution is -2.38. The van der Waals surface area contributed by atoms with Crippen LogP contribution < -0.4 is 5.32 Å². The van der Waals surface area contributed by atoms with E-state index in [2.05, 4.69) is 5.32 Å². The largest absolute Gasteiger partial charge is 0.377 e. The Morgan fingerprint density at radius 1 is 1.22 bits per heavy atom. The highest BCUT2D eigenvalue weighted by atomic mass is 19.1. The van der Waals surface area contributed by atoms with Gasteiger partial charge >= 0.3 is 0 Å². The van der Waals surface area contributed by atoms with Crippen molar-refractivity contribution in [2.75, 3.05) is 5.32 Å². The summed E-state index contributed by atoms with van der Waals surface area (Å²) in [5, 5.41) is 3.12. The Morgan fingerprint density at radius 3 is 2.39 bits per heavy atom. The number of hydrogen-bond acceptors (Lipinski definition) is 2. The molecule has 0 amide bonds. The lowest BCUT2D eigenvalue weighted by molar-refractivity contribution is -0.0662. The quantitative estimate of drug-likeness (QED) is 0.869. The van der Waals surface area contributed by atoms with Gasteiger partial charge in [0.1, 0.15) is 11.6 Å². The Morgan fingerprint density at radius 2 is 1.89 bits per heavy atom. The molecule has 1 aromatic rings. The van der Waals surface area contributed by atoms with Crippen LogP contribution in [-0.4, -0.2) is 17.2 Å². The predicted octanol–water partition coefficient (Wildman–Crippen LogP) is 3.72. The number of halogens is 2. The third-order valence-electron chi connectivity index (χ3n) is 3.34. The molecule has 1 N–H and O–H groups in total. The smallest absolute Gasteiger partial charge is 0.149 e. The van der Waals surface area contributed by atoms with E-state index >= 15 is 0 Å². The molecule has 2 rings (SSSR count). The summed E-state index contributed by atoms with van der Waals surface area (Å²) in [6.07, 6.45) is 0.775. The van der Waals surface area contributed by atoms with Gasteiger partial charge in [-0.3, -0.25) is 0 Å². The highest BCUT2D eigenvalue weighted by Crippen LogP contribution is 2.39. The highest BCUT2D eigenvalue weighted by molar-refractivity contribution is 5.46. The molecule has 2 nitrogen and oxygen atoms in total. The van der Waals surface area contributed by atoms with E-state index < -0.39 is 11.6 Å². The molecule has 100 valence electrons. The normalized spacial score (nSPS) is 25.1. The summed E-state index contributed by atoms with van der Waals surface area (Å²) in [4.78, 5) is 0. The van der Waals surface area contributed by atoms with Crippen molar-refractivity contribution in [2.45, 2.75) is 51.4 Å². The van der Waals surface area contributed by atoms with Gasteiger partial charge in [-0.2, -0.15) is 0 Å². The molecule has 1 saturated heterocycles. The highest BCUT2D eigenvalue weighted by Gasteiger charge is 2.45. The Kier molecular flexibility index (Phi) is 3.09. The van der Waals surface area contributed by atoms with Crippen molar-refractivity contribution < 1.29 is 13.5 Å². The summed E-state index contributed by atoms with van der Waals surface area (Å²) in [5.41, 5.74) is -0.307. The van der Waals surface area contributed by atoms with Gasteiger partial charge in [0.05, 0.1) is 22.9 Å². The summed E-state index contributed by atoms with van der Waals surface area (Å²) < 4.78 is 32.4. The van der Waals surface area contributed by atoms with Crippen molar-refractivity contribution in [1.29, 1.82) is 0 Å². The zero-order chi connectivity index (χ0) is 13.6. The van der Waals surface area contributed by atoms with Gasteiger partial charge in [-0.05, 0) is 46.2 Å². The van der Waals surface area contributed by atoms with E-state index in [1.165, 1.54) is 12.1 Å². The summed E-state index contributed by atoms with van der Waals surface area (Å²) in [6, 6.07) is 3.55. The molecule has 1 atom stereocenters. The number of anilines is 1. The van der Waals surface area contributed by atoms with Crippen LogP contribution in [0.4, 0.5) is 14.5 Å². The van der Waals surface area contributed by atoms with Crippen LogP contribution in [0.15, 0.2) is 18.2 Å². The fourth-order valence-electron chi connectivity index (χ4n) is 2.58. The summed E-state index contributed by atoms with van der Waals surface area (Å²) >= 11 is 0. The van der Waals surface area contributed by atoms with E-state index in [1.54, 1.807) is 0 Å². The number of rotatable bonds is 2. The number of nitrogens with one attached hydrogen (secondary N) is 1. The van der Waals surface area contributed by atoms with E-state index in [-0.39, 0.29) is 17.2 Å². The number of ether oxygens (including phenoxy) is 1. The molecule has 1 aromatic carbocycles. The van der Waals surface area contributed by atoms with Gasteiger partial charge in [0.2, 0.25) is 0 Å². The molecule has 1 aliphatic heterocycles. The molecular formula is C14H19F2NO. The maximum absolute atomic E-state index is 13.6.